The van der Waals surface area contributed by atoms with E-state index in [0.717, 1.165) is 30.3 Å². The lowest BCUT2D eigenvalue weighted by molar-refractivity contribution is 0.202. The third kappa shape index (κ3) is 5.61. The first kappa shape index (κ1) is 25.8. The van der Waals surface area contributed by atoms with E-state index in [0.29, 0.717) is 12.0 Å². The predicted molar refractivity (Wildman–Crippen MR) is 124 cm³/mol. The third-order valence-corrected chi connectivity index (χ3v) is 5.38. The van der Waals surface area contributed by atoms with Crippen molar-refractivity contribution in [2.45, 2.75) is 6.42 Å². The Morgan fingerprint density at radius 1 is 0.595 bits per heavy atom. The molecule has 0 bridgehead atoms. The van der Waals surface area contributed by atoms with Crippen molar-refractivity contribution in [1.29, 1.82) is 0 Å². The lowest BCUT2D eigenvalue weighted by Gasteiger charge is -2.04. The van der Waals surface area contributed by atoms with Gasteiger partial charge in [0.15, 0.2) is 17.5 Å². The zero-order valence-electron chi connectivity index (χ0n) is 19.1. The van der Waals surface area contributed by atoms with Crippen LogP contribution in [-0.2, 0) is 11.2 Å². The van der Waals surface area contributed by atoms with E-state index in [4.69, 9.17) is 4.74 Å². The Morgan fingerprint density at radius 3 is 1.76 bits per heavy atom. The Labute approximate surface area is 207 Å². The molecular weight excluding hydrogens is 497 g/mol. The van der Waals surface area contributed by atoms with Crippen molar-refractivity contribution in [3.8, 4) is 23.7 Å². The number of halogens is 7. The summed E-state index contributed by atoms with van der Waals surface area (Å²) < 4.78 is 103. The lowest BCUT2D eigenvalue weighted by Crippen LogP contribution is -1.99. The minimum Gasteiger partial charge on any atom is -0.384 e. The molecule has 0 saturated heterocycles. The van der Waals surface area contributed by atoms with Crippen LogP contribution in [0.3, 0.4) is 0 Å². The summed E-state index contributed by atoms with van der Waals surface area (Å²) in [7, 11) is 1.46. The van der Waals surface area contributed by atoms with E-state index in [-0.39, 0.29) is 28.5 Å². The maximum absolute atomic E-state index is 14.6. The maximum atomic E-state index is 14.6. The molecule has 0 amide bonds. The summed E-state index contributed by atoms with van der Waals surface area (Å²) in [6.07, 6.45) is 0.294. The Balaban J connectivity index is 1.62. The molecule has 0 saturated carbocycles. The molecule has 0 spiro atoms. The van der Waals surface area contributed by atoms with Gasteiger partial charge in [-0.25, -0.2) is 30.7 Å². The largest absolute Gasteiger partial charge is 0.384 e. The van der Waals surface area contributed by atoms with Crippen LogP contribution in [0.5, 0.6) is 0 Å². The van der Waals surface area contributed by atoms with Crippen LogP contribution in [0.4, 0.5) is 30.7 Å². The second-order valence-corrected chi connectivity index (χ2v) is 7.91. The summed E-state index contributed by atoms with van der Waals surface area (Å²) in [5.41, 5.74) is -0.796. The minimum absolute atomic E-state index is 0.0148. The van der Waals surface area contributed by atoms with Crippen LogP contribution < -0.4 is 0 Å². The molecule has 0 aliphatic heterocycles. The average molecular weight is 512 g/mol. The highest BCUT2D eigenvalue weighted by Crippen LogP contribution is 2.24. The monoisotopic (exact) mass is 512 g/mol. The number of hydrogen-bond acceptors (Lipinski definition) is 1. The number of fused-ring (bicyclic) bond motifs is 1. The van der Waals surface area contributed by atoms with Crippen molar-refractivity contribution in [3.05, 3.63) is 117 Å². The Kier molecular flexibility index (Phi) is 7.52. The van der Waals surface area contributed by atoms with Crippen LogP contribution in [0.2, 0.25) is 0 Å². The molecule has 0 unspecified atom stereocenters. The fraction of sp³-hybridized carbons (Fsp3) is 0.103. The molecule has 37 heavy (non-hydrogen) atoms. The molecule has 0 aliphatic rings. The van der Waals surface area contributed by atoms with Gasteiger partial charge in [0.1, 0.15) is 23.3 Å². The van der Waals surface area contributed by atoms with Gasteiger partial charge in [-0.1, -0.05) is 29.7 Å². The highest BCUT2D eigenvalue weighted by atomic mass is 19.2. The highest BCUT2D eigenvalue weighted by Gasteiger charge is 2.14. The maximum Gasteiger partial charge on any atom is 0.195 e. The van der Waals surface area contributed by atoms with Crippen molar-refractivity contribution in [1.82, 2.24) is 0 Å². The van der Waals surface area contributed by atoms with Crippen LogP contribution >= 0.6 is 0 Å². The van der Waals surface area contributed by atoms with E-state index in [1.165, 1.54) is 25.3 Å². The van der Waals surface area contributed by atoms with Gasteiger partial charge < -0.3 is 4.74 Å². The molecule has 4 aromatic rings. The molecule has 0 atom stereocenters. The van der Waals surface area contributed by atoms with E-state index < -0.39 is 51.8 Å². The van der Waals surface area contributed by atoms with Gasteiger partial charge in [0.25, 0.3) is 0 Å². The lowest BCUT2D eigenvalue weighted by atomic mass is 10.0. The van der Waals surface area contributed by atoms with E-state index in [1.807, 2.05) is 0 Å². The quantitative estimate of drug-likeness (QED) is 0.167. The van der Waals surface area contributed by atoms with Crippen molar-refractivity contribution in [3.63, 3.8) is 0 Å². The van der Waals surface area contributed by atoms with E-state index in [2.05, 4.69) is 23.7 Å². The molecule has 0 aliphatic carbocycles. The summed E-state index contributed by atoms with van der Waals surface area (Å²) in [4.78, 5) is 0. The normalized spacial score (nSPS) is 10.6. The summed E-state index contributed by atoms with van der Waals surface area (Å²) >= 11 is 0. The van der Waals surface area contributed by atoms with Gasteiger partial charge in [-0.2, -0.15) is 0 Å². The number of benzene rings is 4. The van der Waals surface area contributed by atoms with Gasteiger partial charge in [-0.05, 0) is 59.8 Å². The standard InChI is InChI=1S/C29H15F7O/c1-37-9-8-18-13-25(32)22(26(33)14-18)7-4-17-11-23(30)21(24(31)12-17)6-3-16-2-5-20-19(10-16)15-27(34)29(36)28(20)35/h2,5,10-15H,8-9H2,1H3. The molecule has 4 aromatic carbocycles. The van der Waals surface area contributed by atoms with Crippen molar-refractivity contribution in [2.75, 3.05) is 13.7 Å². The zero-order chi connectivity index (χ0) is 26.7. The average Bonchev–Trinajstić information content (AvgIpc) is 2.85. The van der Waals surface area contributed by atoms with Crippen molar-refractivity contribution in [2.24, 2.45) is 0 Å². The van der Waals surface area contributed by atoms with Crippen molar-refractivity contribution >= 4 is 10.8 Å². The first-order valence-corrected chi connectivity index (χ1v) is 10.7. The van der Waals surface area contributed by atoms with Crippen LogP contribution in [-0.4, -0.2) is 13.7 Å². The predicted octanol–water partition coefficient (Wildman–Crippen LogP) is 6.80. The SMILES string of the molecule is COCCc1cc(F)c(C#Cc2cc(F)c(C#Cc3ccc4c(F)c(F)c(F)cc4c3)c(F)c2)c(F)c1. The highest BCUT2D eigenvalue weighted by molar-refractivity contribution is 5.84. The van der Waals surface area contributed by atoms with E-state index in [1.54, 1.807) is 0 Å². The molecule has 0 fully saturated rings. The molecule has 4 rings (SSSR count). The van der Waals surface area contributed by atoms with E-state index >= 15 is 0 Å². The van der Waals surface area contributed by atoms with Crippen molar-refractivity contribution < 1.29 is 35.5 Å². The number of ether oxygens (including phenoxy) is 1. The van der Waals surface area contributed by atoms with Crippen LogP contribution in [0.15, 0.2) is 48.5 Å². The molecule has 0 N–H and O–H groups in total. The number of rotatable bonds is 3. The minimum atomic E-state index is -1.61. The van der Waals surface area contributed by atoms with Crippen LogP contribution in [0, 0.1) is 64.4 Å². The molecule has 0 aromatic heterocycles. The third-order valence-electron chi connectivity index (χ3n) is 5.38. The van der Waals surface area contributed by atoms with Gasteiger partial charge >= 0.3 is 0 Å². The zero-order valence-corrected chi connectivity index (χ0v) is 19.1. The smallest absolute Gasteiger partial charge is 0.195 e. The second kappa shape index (κ2) is 10.8. The first-order chi connectivity index (χ1) is 17.7. The summed E-state index contributed by atoms with van der Waals surface area (Å²) in [6, 6.07) is 8.42. The van der Waals surface area contributed by atoms with Gasteiger partial charge in [0.05, 0.1) is 17.7 Å². The van der Waals surface area contributed by atoms with Gasteiger partial charge in [0.2, 0.25) is 0 Å². The van der Waals surface area contributed by atoms with Gasteiger partial charge in [-0.3, -0.25) is 0 Å². The van der Waals surface area contributed by atoms with Crippen LogP contribution in [0.25, 0.3) is 10.8 Å². The Hall–Kier alpha value is -4.27. The molecule has 0 heterocycles. The van der Waals surface area contributed by atoms with Gasteiger partial charge in [0, 0.05) is 23.6 Å². The first-order valence-electron chi connectivity index (χ1n) is 10.7. The molecular formula is C29H15F7O. The number of methoxy groups -OCH3 is 1. The molecule has 8 heteroatoms. The fourth-order valence-corrected chi connectivity index (χ4v) is 3.53. The van der Waals surface area contributed by atoms with Crippen LogP contribution in [0.1, 0.15) is 27.8 Å². The fourth-order valence-electron chi connectivity index (χ4n) is 3.53. The number of hydrogen-bond donors (Lipinski definition) is 0. The summed E-state index contributed by atoms with van der Waals surface area (Å²) in [6.45, 7) is 0.273. The summed E-state index contributed by atoms with van der Waals surface area (Å²) in [5.74, 6) is 1.05. The summed E-state index contributed by atoms with van der Waals surface area (Å²) in [5, 5.41) is -0.164. The molecule has 186 valence electrons. The molecule has 0 radical (unpaired) electrons. The second-order valence-electron chi connectivity index (χ2n) is 7.91. The molecule has 1 nitrogen and oxygen atoms in total. The topological polar surface area (TPSA) is 9.23 Å². The Bertz CT molecular complexity index is 1610. The Morgan fingerprint density at radius 2 is 1.16 bits per heavy atom. The van der Waals surface area contributed by atoms with E-state index in [9.17, 15) is 30.7 Å². The van der Waals surface area contributed by atoms with Gasteiger partial charge in [-0.15, -0.1) is 0 Å².